The molecule has 2 aromatic heterocycles. The Kier molecular flexibility index (Phi) is 7.59. The molecule has 0 radical (unpaired) electrons. The van der Waals surface area contributed by atoms with Crippen molar-refractivity contribution in [3.05, 3.63) is 117 Å². The molecule has 15 heteroatoms. The van der Waals surface area contributed by atoms with E-state index in [9.17, 15) is 20.0 Å². The largest absolute Gasteiger partial charge is 0.407 e. The molecule has 2 aliphatic rings. The number of nitrogens with zero attached hydrogens (tertiary/aromatic N) is 5. The summed E-state index contributed by atoms with van der Waals surface area (Å²) >= 11 is 6.30. The molecule has 2 aromatic carbocycles. The van der Waals surface area contributed by atoms with Gasteiger partial charge in [0.2, 0.25) is 5.78 Å². The van der Waals surface area contributed by atoms with Gasteiger partial charge in [-0.05, 0) is 54.7 Å². The molecule has 0 spiro atoms. The summed E-state index contributed by atoms with van der Waals surface area (Å²) in [4.78, 5) is 37.9. The Balaban J connectivity index is 1.60. The molecule has 0 bridgehead atoms. The van der Waals surface area contributed by atoms with Gasteiger partial charge in [-0.1, -0.05) is 23.7 Å². The number of ether oxygens (including phenoxy) is 1. The predicted molar refractivity (Wildman–Crippen MR) is 179 cm³/mol. The zero-order valence-corrected chi connectivity index (χ0v) is 26.9. The van der Waals surface area contributed by atoms with Gasteiger partial charge in [0.1, 0.15) is 49.0 Å². The molecule has 1 aliphatic carbocycles. The highest BCUT2D eigenvalue weighted by Gasteiger charge is 2.66. The van der Waals surface area contributed by atoms with E-state index in [0.29, 0.717) is 34.7 Å². The summed E-state index contributed by atoms with van der Waals surface area (Å²) in [5.41, 5.74) is -1.45. The number of carbonyl (C=O) groups excluding carboxylic acids is 2. The zero-order chi connectivity index (χ0) is 33.2. The molecule has 3 heterocycles. The minimum absolute atomic E-state index is 0.0407. The number of hydrogen-bond donors (Lipinski definition) is 1. The molecule has 1 atom stereocenters. The zero-order valence-electron chi connectivity index (χ0n) is 26.1. The molecular formula is C31H29B4ClFN5O4. The molecule has 46 heavy (non-hydrogen) atoms. The molecule has 228 valence electrons. The van der Waals surface area contributed by atoms with Crippen LogP contribution in [0.25, 0.3) is 0 Å². The summed E-state index contributed by atoms with van der Waals surface area (Å²) in [6, 6.07) is 14.4. The number of benzene rings is 2. The van der Waals surface area contributed by atoms with E-state index in [1.54, 1.807) is 63.7 Å². The Morgan fingerprint density at radius 2 is 1.85 bits per heavy atom. The summed E-state index contributed by atoms with van der Waals surface area (Å²) in [5.74, 6) is -1.95. The third kappa shape index (κ3) is 4.98. The maximum absolute atomic E-state index is 16.8. The summed E-state index contributed by atoms with van der Waals surface area (Å²) in [6.07, 6.45) is 5.69. The number of aryl methyl sites for hydroxylation is 1. The SMILES string of the molecule is BC(B)(O)C1(C(B)(B)O[C@]2(c3ccc(Cl)cc3)c3c(F)cc(C(=O)c4cn(C)cn4)cc3C(=O)N2Cc2ccc(C#N)cn2)CC1. The lowest BCUT2D eigenvalue weighted by molar-refractivity contribution is -0.169. The van der Waals surface area contributed by atoms with Crippen molar-refractivity contribution in [2.24, 2.45) is 12.5 Å². The van der Waals surface area contributed by atoms with Crippen molar-refractivity contribution < 1.29 is 23.8 Å². The predicted octanol–water partition coefficient (Wildman–Crippen LogP) is 0.196. The van der Waals surface area contributed by atoms with Gasteiger partial charge in [0.15, 0.2) is 5.72 Å². The number of aliphatic hydroxyl groups is 1. The van der Waals surface area contributed by atoms with E-state index >= 15 is 4.39 Å². The number of hydrogen-bond acceptors (Lipinski definition) is 7. The van der Waals surface area contributed by atoms with Gasteiger partial charge in [-0.2, -0.15) is 5.26 Å². The molecule has 1 saturated carbocycles. The molecule has 4 aromatic rings. The number of amides is 1. The van der Waals surface area contributed by atoms with E-state index in [1.807, 2.05) is 21.8 Å². The number of ketones is 1. The smallest absolute Gasteiger partial charge is 0.257 e. The van der Waals surface area contributed by atoms with Crippen LogP contribution in [0.4, 0.5) is 4.39 Å². The maximum atomic E-state index is 16.8. The van der Waals surface area contributed by atoms with E-state index < -0.39 is 39.4 Å². The van der Waals surface area contributed by atoms with Gasteiger partial charge in [0.25, 0.3) is 5.91 Å². The summed E-state index contributed by atoms with van der Waals surface area (Å²) in [5, 5.41) is 18.8. The van der Waals surface area contributed by atoms with E-state index in [4.69, 9.17) is 16.3 Å². The lowest BCUT2D eigenvalue weighted by Crippen LogP contribution is -2.62. The number of carbonyl (C=O) groups is 2. The lowest BCUT2D eigenvalue weighted by atomic mass is 9.43. The van der Waals surface area contributed by atoms with E-state index in [-0.39, 0.29) is 28.9 Å². The van der Waals surface area contributed by atoms with Crippen molar-refractivity contribution in [3.63, 3.8) is 0 Å². The Bertz CT molecular complexity index is 1920. The molecular weight excluding hydrogens is 604 g/mol. The van der Waals surface area contributed by atoms with Crippen molar-refractivity contribution in [2.45, 2.75) is 35.9 Å². The van der Waals surface area contributed by atoms with Crippen LogP contribution in [-0.2, 0) is 24.1 Å². The van der Waals surface area contributed by atoms with Gasteiger partial charge < -0.3 is 14.4 Å². The van der Waals surface area contributed by atoms with Crippen molar-refractivity contribution in [2.75, 3.05) is 0 Å². The monoisotopic (exact) mass is 633 g/mol. The first kappa shape index (κ1) is 31.8. The van der Waals surface area contributed by atoms with Gasteiger partial charge in [-0.3, -0.25) is 19.5 Å². The van der Waals surface area contributed by atoms with Gasteiger partial charge in [-0.25, -0.2) is 9.37 Å². The van der Waals surface area contributed by atoms with Crippen molar-refractivity contribution >= 4 is 54.7 Å². The van der Waals surface area contributed by atoms with Crippen molar-refractivity contribution in [1.82, 2.24) is 19.4 Å². The maximum Gasteiger partial charge on any atom is 0.257 e. The average Bonchev–Trinajstić information content (AvgIpc) is 3.70. The summed E-state index contributed by atoms with van der Waals surface area (Å²) in [6.45, 7) is -0.129. The molecule has 9 nitrogen and oxygen atoms in total. The van der Waals surface area contributed by atoms with E-state index in [0.717, 1.165) is 6.07 Å². The Morgan fingerprint density at radius 1 is 1.15 bits per heavy atom. The van der Waals surface area contributed by atoms with Crippen LogP contribution in [0.5, 0.6) is 0 Å². The van der Waals surface area contributed by atoms with Crippen LogP contribution in [0.15, 0.2) is 67.3 Å². The molecule has 6 rings (SSSR count). The molecule has 1 fully saturated rings. The second-order valence-electron chi connectivity index (χ2n) is 13.1. The highest BCUT2D eigenvalue weighted by molar-refractivity contribution is 6.45. The number of rotatable bonds is 9. The van der Waals surface area contributed by atoms with E-state index in [2.05, 4.69) is 9.97 Å². The number of imidazole rings is 1. The van der Waals surface area contributed by atoms with Crippen molar-refractivity contribution in [1.29, 1.82) is 5.26 Å². The van der Waals surface area contributed by atoms with Gasteiger partial charge in [-0.15, -0.1) is 0 Å². The topological polar surface area (TPSA) is 121 Å². The third-order valence-corrected chi connectivity index (χ3v) is 9.72. The molecule has 0 unspecified atom stereocenters. The van der Waals surface area contributed by atoms with Gasteiger partial charge in [0.05, 0.1) is 35.3 Å². The fraction of sp³-hybridized carbons (Fsp3) is 0.258. The second-order valence-corrected chi connectivity index (χ2v) is 13.5. The van der Waals surface area contributed by atoms with Crippen LogP contribution >= 0.6 is 11.6 Å². The van der Waals surface area contributed by atoms with Crippen LogP contribution in [0, 0.1) is 22.6 Å². The fourth-order valence-corrected chi connectivity index (χ4v) is 7.09. The first-order chi connectivity index (χ1) is 21.6. The minimum atomic E-state index is -1.87. The summed E-state index contributed by atoms with van der Waals surface area (Å²) < 4.78 is 25.6. The Morgan fingerprint density at radius 3 is 2.39 bits per heavy atom. The van der Waals surface area contributed by atoms with Crippen LogP contribution in [0.2, 0.25) is 5.02 Å². The normalized spacial score (nSPS) is 18.7. The standard InChI is InChI=1S/C31H29B4ClFN5O4/c1-41-15-24(40-16-41)26(43)18-10-22-25(23(37)11-18)29(19-3-5-20(36)6-4-19,46-31(34,35)28(8-9-28)30(32,33)45)42(27(22)44)14-21-7-2-17(12-38)13-39-21/h2-7,10-11,13,15-16,45H,8-9,14,32-35H2,1H3/t29-/m1/s1. The van der Waals surface area contributed by atoms with Crippen LogP contribution < -0.4 is 0 Å². The lowest BCUT2D eigenvalue weighted by Gasteiger charge is -2.51. The summed E-state index contributed by atoms with van der Waals surface area (Å²) in [7, 11) is 8.84. The highest BCUT2D eigenvalue weighted by atomic mass is 35.5. The number of halogens is 2. The fourth-order valence-electron chi connectivity index (χ4n) is 6.96. The van der Waals surface area contributed by atoms with Crippen LogP contribution in [-0.4, -0.2) is 78.4 Å². The molecule has 1 N–H and O–H groups in total. The van der Waals surface area contributed by atoms with Gasteiger partial charge in [0, 0.05) is 46.4 Å². The Hall–Kier alpha value is -4.17. The van der Waals surface area contributed by atoms with E-state index in [1.165, 1.54) is 29.7 Å². The Labute approximate surface area is 274 Å². The highest BCUT2D eigenvalue weighted by Crippen LogP contribution is 2.61. The molecule has 1 aliphatic heterocycles. The van der Waals surface area contributed by atoms with Crippen molar-refractivity contribution in [3.8, 4) is 6.07 Å². The quantitative estimate of drug-likeness (QED) is 0.207. The average molecular weight is 633 g/mol. The first-order valence-electron chi connectivity index (χ1n) is 14.9. The minimum Gasteiger partial charge on any atom is -0.407 e. The first-order valence-corrected chi connectivity index (χ1v) is 15.2. The number of fused-ring (bicyclic) bond motifs is 1. The van der Waals surface area contributed by atoms with Crippen LogP contribution in [0.1, 0.15) is 61.6 Å². The third-order valence-electron chi connectivity index (χ3n) is 9.47. The molecule has 1 amide bonds. The number of pyridine rings is 1. The number of aromatic nitrogens is 3. The van der Waals surface area contributed by atoms with Crippen LogP contribution in [0.3, 0.4) is 0 Å². The number of nitriles is 1. The molecule has 0 saturated heterocycles. The second kappa shape index (κ2) is 11.0. The van der Waals surface area contributed by atoms with Gasteiger partial charge >= 0.3 is 0 Å².